The number of allylic oxidation sites excluding steroid dienone is 8. The summed E-state index contributed by atoms with van der Waals surface area (Å²) in [6.07, 6.45) is 10.2. The molecule has 0 atom stereocenters. The zero-order chi connectivity index (χ0) is 22.6. The van der Waals surface area contributed by atoms with Gasteiger partial charge in [0.1, 0.15) is 0 Å². The highest BCUT2D eigenvalue weighted by Crippen LogP contribution is 2.31. The third-order valence-corrected chi connectivity index (χ3v) is 6.33. The molecule has 0 fully saturated rings. The van der Waals surface area contributed by atoms with Gasteiger partial charge in [-0.05, 0) is 85.3 Å². The van der Waals surface area contributed by atoms with E-state index < -0.39 is 0 Å². The van der Waals surface area contributed by atoms with Crippen molar-refractivity contribution < 1.29 is 0 Å². The Morgan fingerprint density at radius 2 is 1.07 bits per heavy atom. The summed E-state index contributed by atoms with van der Waals surface area (Å²) < 4.78 is 0. The quantitative estimate of drug-likeness (QED) is 0.438. The number of hydrogen-bond donors (Lipinski definition) is 0. The molecule has 1 aromatic rings. The fourth-order valence-corrected chi connectivity index (χ4v) is 3.19. The normalized spacial score (nSPS) is 15.2. The smallest absolute Gasteiger partial charge is 0.0173 e. The van der Waals surface area contributed by atoms with E-state index in [-0.39, 0.29) is 10.8 Å². The second-order valence-electron chi connectivity index (χ2n) is 10.5. The van der Waals surface area contributed by atoms with Gasteiger partial charge in [0.05, 0.1) is 0 Å². The molecule has 0 unspecified atom stereocenters. The van der Waals surface area contributed by atoms with Crippen LogP contribution in [-0.2, 0) is 6.42 Å². The first-order chi connectivity index (χ1) is 13.2. The van der Waals surface area contributed by atoms with Gasteiger partial charge in [0.2, 0.25) is 0 Å². The zero-order valence-corrected chi connectivity index (χ0v) is 21.2. The standard InChI is InChI=1S/C29H44/c1-13-25-24(6)26(20(2)14-16-22(4)28(7,8)9)18-19-27(25)21(3)15-17-23(5)29(10,11)12/h14-19H,13H2,1-12H3/b20-14+,21-15+,22-16+,23-17+. The van der Waals surface area contributed by atoms with Crippen LogP contribution in [0.1, 0.15) is 98.4 Å². The van der Waals surface area contributed by atoms with Crippen molar-refractivity contribution in [1.29, 1.82) is 0 Å². The number of hydrogen-bond acceptors (Lipinski definition) is 0. The van der Waals surface area contributed by atoms with Gasteiger partial charge in [-0.15, -0.1) is 0 Å². The minimum absolute atomic E-state index is 0.213. The van der Waals surface area contributed by atoms with Crippen molar-refractivity contribution in [3.63, 3.8) is 0 Å². The first-order valence-corrected chi connectivity index (χ1v) is 11.0. The lowest BCUT2D eigenvalue weighted by Crippen LogP contribution is -2.06. The second-order valence-corrected chi connectivity index (χ2v) is 10.5. The van der Waals surface area contributed by atoms with Crippen molar-refractivity contribution >= 4 is 11.1 Å². The third-order valence-electron chi connectivity index (χ3n) is 6.33. The van der Waals surface area contributed by atoms with Crippen LogP contribution in [0.2, 0.25) is 0 Å². The van der Waals surface area contributed by atoms with Crippen molar-refractivity contribution in [3.8, 4) is 0 Å². The molecule has 0 bridgehead atoms. The zero-order valence-electron chi connectivity index (χ0n) is 21.2. The van der Waals surface area contributed by atoms with E-state index in [2.05, 4.69) is 120 Å². The van der Waals surface area contributed by atoms with E-state index in [9.17, 15) is 0 Å². The minimum Gasteiger partial charge on any atom is -0.0679 e. The van der Waals surface area contributed by atoms with Crippen LogP contribution >= 0.6 is 0 Å². The lowest BCUT2D eigenvalue weighted by molar-refractivity contribution is 0.504. The van der Waals surface area contributed by atoms with Crippen LogP contribution in [0.4, 0.5) is 0 Å². The largest absolute Gasteiger partial charge is 0.0679 e. The van der Waals surface area contributed by atoms with Crippen LogP contribution in [0.25, 0.3) is 11.1 Å². The van der Waals surface area contributed by atoms with Gasteiger partial charge in [-0.3, -0.25) is 0 Å². The molecule has 0 saturated heterocycles. The summed E-state index contributed by atoms with van der Waals surface area (Å²) in [6, 6.07) is 4.61. The van der Waals surface area contributed by atoms with Gasteiger partial charge < -0.3 is 0 Å². The molecular formula is C29H44. The molecule has 0 heterocycles. The average Bonchev–Trinajstić information content (AvgIpc) is 2.61. The molecule has 0 N–H and O–H groups in total. The van der Waals surface area contributed by atoms with Crippen LogP contribution < -0.4 is 0 Å². The molecule has 0 aliphatic heterocycles. The molecule has 0 heteroatoms. The van der Waals surface area contributed by atoms with Crippen LogP contribution in [0, 0.1) is 17.8 Å². The monoisotopic (exact) mass is 392 g/mol. The highest BCUT2D eigenvalue weighted by Gasteiger charge is 2.14. The van der Waals surface area contributed by atoms with Crippen LogP contribution in [0.15, 0.2) is 47.6 Å². The highest BCUT2D eigenvalue weighted by atomic mass is 14.2. The Balaban J connectivity index is 3.38. The van der Waals surface area contributed by atoms with Gasteiger partial charge in [0.15, 0.2) is 0 Å². The molecule has 0 radical (unpaired) electrons. The van der Waals surface area contributed by atoms with Crippen molar-refractivity contribution in [3.05, 3.63) is 69.8 Å². The summed E-state index contributed by atoms with van der Waals surface area (Å²) in [7, 11) is 0. The lowest BCUT2D eigenvalue weighted by Gasteiger charge is -2.20. The van der Waals surface area contributed by atoms with E-state index in [1.807, 2.05) is 0 Å². The fraction of sp³-hybridized carbons (Fsp3) is 0.517. The van der Waals surface area contributed by atoms with Crippen LogP contribution in [0.3, 0.4) is 0 Å². The molecule has 0 aromatic heterocycles. The molecule has 0 amide bonds. The Hall–Kier alpha value is -1.82. The molecular weight excluding hydrogens is 348 g/mol. The Kier molecular flexibility index (Phi) is 8.51. The van der Waals surface area contributed by atoms with Crippen LogP contribution in [-0.4, -0.2) is 0 Å². The molecule has 1 aromatic carbocycles. The van der Waals surface area contributed by atoms with E-state index in [0.717, 1.165) is 6.42 Å². The molecule has 1 rings (SSSR count). The highest BCUT2D eigenvalue weighted by molar-refractivity contribution is 5.75. The summed E-state index contributed by atoms with van der Waals surface area (Å²) >= 11 is 0. The SMILES string of the molecule is CCc1c(/C(C)=C/C=C(\C)C(C)(C)C)ccc(/C(C)=C/C=C(\C)C(C)(C)C)c1C. The van der Waals surface area contributed by atoms with Gasteiger partial charge in [-0.25, -0.2) is 0 Å². The molecule has 29 heavy (non-hydrogen) atoms. The molecule has 160 valence electrons. The predicted molar refractivity (Wildman–Crippen MR) is 134 cm³/mol. The fourth-order valence-electron chi connectivity index (χ4n) is 3.19. The Bertz CT molecular complexity index is 837. The lowest BCUT2D eigenvalue weighted by atomic mass is 9.86. The maximum atomic E-state index is 2.31. The van der Waals surface area contributed by atoms with E-state index in [1.165, 1.54) is 44.5 Å². The summed E-state index contributed by atoms with van der Waals surface area (Å²) in [5, 5.41) is 0. The summed E-state index contributed by atoms with van der Waals surface area (Å²) in [5.41, 5.74) is 11.5. The molecule has 0 nitrogen and oxygen atoms in total. The molecule has 0 spiro atoms. The van der Waals surface area contributed by atoms with Crippen molar-refractivity contribution in [2.24, 2.45) is 10.8 Å². The second kappa shape index (κ2) is 9.79. The van der Waals surface area contributed by atoms with Crippen molar-refractivity contribution in [2.75, 3.05) is 0 Å². The minimum atomic E-state index is 0.213. The number of rotatable bonds is 5. The molecule has 0 aliphatic rings. The molecule has 0 saturated carbocycles. The summed E-state index contributed by atoms with van der Waals surface area (Å²) in [6.45, 7) is 27.0. The first-order valence-electron chi connectivity index (χ1n) is 11.0. The topological polar surface area (TPSA) is 0 Å². The maximum absolute atomic E-state index is 2.31. The summed E-state index contributed by atoms with van der Waals surface area (Å²) in [5.74, 6) is 0. The van der Waals surface area contributed by atoms with E-state index in [0.29, 0.717) is 0 Å². The van der Waals surface area contributed by atoms with Gasteiger partial charge in [-0.1, -0.05) is 96.0 Å². The van der Waals surface area contributed by atoms with Crippen molar-refractivity contribution in [1.82, 2.24) is 0 Å². The van der Waals surface area contributed by atoms with Crippen LogP contribution in [0.5, 0.6) is 0 Å². The third kappa shape index (κ3) is 6.88. The van der Waals surface area contributed by atoms with Gasteiger partial charge in [0, 0.05) is 0 Å². The van der Waals surface area contributed by atoms with Gasteiger partial charge in [-0.2, -0.15) is 0 Å². The Morgan fingerprint density at radius 3 is 1.45 bits per heavy atom. The van der Waals surface area contributed by atoms with E-state index >= 15 is 0 Å². The predicted octanol–water partition coefficient (Wildman–Crippen LogP) is 9.35. The first kappa shape index (κ1) is 25.2. The van der Waals surface area contributed by atoms with Gasteiger partial charge >= 0.3 is 0 Å². The Morgan fingerprint density at radius 1 is 0.690 bits per heavy atom. The van der Waals surface area contributed by atoms with Gasteiger partial charge in [0.25, 0.3) is 0 Å². The van der Waals surface area contributed by atoms with E-state index in [4.69, 9.17) is 0 Å². The average molecular weight is 393 g/mol. The number of benzene rings is 1. The van der Waals surface area contributed by atoms with Crippen molar-refractivity contribution in [2.45, 2.75) is 89.5 Å². The molecule has 0 aliphatic carbocycles. The maximum Gasteiger partial charge on any atom is -0.0173 e. The summed E-state index contributed by atoms with van der Waals surface area (Å²) in [4.78, 5) is 0. The Labute approximate surface area is 181 Å². The van der Waals surface area contributed by atoms with E-state index in [1.54, 1.807) is 0 Å².